The van der Waals surface area contributed by atoms with Gasteiger partial charge in [-0.3, -0.25) is 4.98 Å². The van der Waals surface area contributed by atoms with E-state index in [0.29, 0.717) is 28.5 Å². The van der Waals surface area contributed by atoms with Gasteiger partial charge in [-0.15, -0.1) is 0 Å². The van der Waals surface area contributed by atoms with E-state index in [-0.39, 0.29) is 5.15 Å². The molecule has 0 aliphatic carbocycles. The van der Waals surface area contributed by atoms with Crippen molar-refractivity contribution in [1.82, 2.24) is 9.97 Å². The normalized spacial score (nSPS) is 13.2. The first-order valence-electron chi connectivity index (χ1n) is 8.52. The summed E-state index contributed by atoms with van der Waals surface area (Å²) in [6, 6.07) is 10.9. The Morgan fingerprint density at radius 2 is 2.00 bits per heavy atom. The first kappa shape index (κ1) is 20.7. The first-order valence-corrected chi connectivity index (χ1v) is 10.4. The van der Waals surface area contributed by atoms with Crippen molar-refractivity contribution in [2.75, 3.05) is 0 Å². The molecule has 2 heterocycles. The van der Waals surface area contributed by atoms with Gasteiger partial charge in [-0.1, -0.05) is 29.3 Å². The summed E-state index contributed by atoms with van der Waals surface area (Å²) in [5.41, 5.74) is 2.01. The SMILES string of the molecule is CC(C)(C)S(=O)N=Cc1cc2cc(Cl)c(OCc3ccccn3)cc2nc1Cl. The van der Waals surface area contributed by atoms with Crippen molar-refractivity contribution in [3.63, 3.8) is 0 Å². The predicted octanol–water partition coefficient (Wildman–Crippen LogP) is 5.40. The highest BCUT2D eigenvalue weighted by Crippen LogP contribution is 2.31. The number of nitrogens with zero attached hydrogens (tertiary/aromatic N) is 3. The van der Waals surface area contributed by atoms with E-state index in [1.54, 1.807) is 18.3 Å². The van der Waals surface area contributed by atoms with E-state index < -0.39 is 15.7 Å². The van der Waals surface area contributed by atoms with E-state index in [9.17, 15) is 4.21 Å². The Labute approximate surface area is 176 Å². The molecule has 0 amide bonds. The van der Waals surface area contributed by atoms with Gasteiger partial charge < -0.3 is 4.74 Å². The number of aromatic nitrogens is 2. The molecule has 146 valence electrons. The zero-order valence-electron chi connectivity index (χ0n) is 15.6. The van der Waals surface area contributed by atoms with Gasteiger partial charge in [0.2, 0.25) is 0 Å². The number of hydrogen-bond donors (Lipinski definition) is 0. The van der Waals surface area contributed by atoms with Crippen LogP contribution in [0.2, 0.25) is 10.2 Å². The van der Waals surface area contributed by atoms with E-state index in [0.717, 1.165) is 11.1 Å². The molecule has 3 rings (SSSR count). The molecule has 0 radical (unpaired) electrons. The molecule has 0 spiro atoms. The zero-order valence-corrected chi connectivity index (χ0v) is 18.0. The molecule has 0 aliphatic rings. The fourth-order valence-corrected chi connectivity index (χ4v) is 3.21. The number of hydrogen-bond acceptors (Lipinski definition) is 4. The summed E-state index contributed by atoms with van der Waals surface area (Å²) < 4.78 is 21.5. The molecule has 0 N–H and O–H groups in total. The quantitative estimate of drug-likeness (QED) is 0.397. The summed E-state index contributed by atoms with van der Waals surface area (Å²) in [4.78, 5) is 8.61. The lowest BCUT2D eigenvalue weighted by molar-refractivity contribution is 0.302. The second-order valence-electron chi connectivity index (χ2n) is 7.05. The third-order valence-corrected chi connectivity index (χ3v) is 5.70. The smallest absolute Gasteiger partial charge is 0.144 e. The molecule has 8 heteroatoms. The fourth-order valence-electron chi connectivity index (χ4n) is 2.27. The highest BCUT2D eigenvalue weighted by atomic mass is 35.5. The van der Waals surface area contributed by atoms with Crippen molar-refractivity contribution >= 4 is 51.3 Å². The molecule has 1 aromatic carbocycles. The molecule has 28 heavy (non-hydrogen) atoms. The predicted molar refractivity (Wildman–Crippen MR) is 116 cm³/mol. The largest absolute Gasteiger partial charge is 0.486 e. The third-order valence-electron chi connectivity index (χ3n) is 3.76. The van der Waals surface area contributed by atoms with E-state index in [1.807, 2.05) is 45.0 Å². The second kappa shape index (κ2) is 8.55. The van der Waals surface area contributed by atoms with Gasteiger partial charge in [0.25, 0.3) is 0 Å². The molecule has 1 unspecified atom stereocenters. The number of fused-ring (bicyclic) bond motifs is 1. The lowest BCUT2D eigenvalue weighted by Crippen LogP contribution is -2.19. The minimum absolute atomic E-state index is 0.264. The maximum Gasteiger partial charge on any atom is 0.144 e. The molecule has 0 saturated carbocycles. The van der Waals surface area contributed by atoms with Crippen LogP contribution in [-0.2, 0) is 17.6 Å². The number of pyridine rings is 2. The van der Waals surface area contributed by atoms with Crippen LogP contribution in [0.25, 0.3) is 10.9 Å². The van der Waals surface area contributed by atoms with E-state index in [2.05, 4.69) is 14.4 Å². The molecule has 0 bridgehead atoms. The van der Waals surface area contributed by atoms with E-state index in [4.69, 9.17) is 27.9 Å². The van der Waals surface area contributed by atoms with Crippen molar-refractivity contribution in [2.45, 2.75) is 32.1 Å². The van der Waals surface area contributed by atoms with Crippen LogP contribution in [0.3, 0.4) is 0 Å². The van der Waals surface area contributed by atoms with Gasteiger partial charge in [-0.05, 0) is 45.0 Å². The average molecular weight is 436 g/mol. The van der Waals surface area contributed by atoms with Crippen LogP contribution >= 0.6 is 23.2 Å². The molecule has 0 saturated heterocycles. The monoisotopic (exact) mass is 435 g/mol. The molecule has 2 aromatic heterocycles. The van der Waals surface area contributed by atoms with Crippen LogP contribution in [0.5, 0.6) is 5.75 Å². The van der Waals surface area contributed by atoms with Crippen molar-refractivity contribution in [2.24, 2.45) is 4.40 Å². The minimum Gasteiger partial charge on any atom is -0.486 e. The van der Waals surface area contributed by atoms with Gasteiger partial charge in [0.1, 0.15) is 28.5 Å². The van der Waals surface area contributed by atoms with Crippen molar-refractivity contribution in [1.29, 1.82) is 0 Å². The lowest BCUT2D eigenvalue weighted by Gasteiger charge is -2.13. The molecule has 3 aromatic rings. The van der Waals surface area contributed by atoms with Gasteiger partial charge in [0.05, 0.1) is 21.0 Å². The van der Waals surface area contributed by atoms with Gasteiger partial charge in [-0.2, -0.15) is 4.40 Å². The fraction of sp³-hybridized carbons (Fsp3) is 0.250. The number of halogens is 2. The van der Waals surface area contributed by atoms with Crippen LogP contribution in [0.1, 0.15) is 32.0 Å². The maximum atomic E-state index is 12.1. The summed E-state index contributed by atoms with van der Waals surface area (Å²) in [6.07, 6.45) is 3.19. The highest BCUT2D eigenvalue weighted by molar-refractivity contribution is 7.85. The Bertz CT molecular complexity index is 1050. The van der Waals surface area contributed by atoms with Gasteiger partial charge in [0.15, 0.2) is 0 Å². The Morgan fingerprint density at radius 1 is 1.21 bits per heavy atom. The third kappa shape index (κ3) is 5.07. The summed E-state index contributed by atoms with van der Waals surface area (Å²) in [5, 5.41) is 1.50. The second-order valence-corrected chi connectivity index (χ2v) is 9.75. The van der Waals surface area contributed by atoms with Crippen LogP contribution < -0.4 is 4.74 Å². The Morgan fingerprint density at radius 3 is 2.68 bits per heavy atom. The van der Waals surface area contributed by atoms with Crippen LogP contribution in [-0.4, -0.2) is 25.1 Å². The van der Waals surface area contributed by atoms with Crippen LogP contribution in [0.15, 0.2) is 47.0 Å². The molecular formula is C20H19Cl2N3O2S. The van der Waals surface area contributed by atoms with Gasteiger partial charge >= 0.3 is 0 Å². The van der Waals surface area contributed by atoms with Crippen LogP contribution in [0, 0.1) is 0 Å². The number of rotatable bonds is 5. The Balaban J connectivity index is 1.87. The lowest BCUT2D eigenvalue weighted by atomic mass is 10.1. The van der Waals surface area contributed by atoms with Crippen LogP contribution in [0.4, 0.5) is 0 Å². The van der Waals surface area contributed by atoms with Crippen molar-refractivity contribution in [3.8, 4) is 5.75 Å². The molecule has 5 nitrogen and oxygen atoms in total. The highest BCUT2D eigenvalue weighted by Gasteiger charge is 2.18. The Kier molecular flexibility index (Phi) is 6.33. The molecule has 0 fully saturated rings. The number of ether oxygens (including phenoxy) is 1. The number of benzene rings is 1. The van der Waals surface area contributed by atoms with Gasteiger partial charge in [0, 0.05) is 29.4 Å². The van der Waals surface area contributed by atoms with Crippen molar-refractivity contribution < 1.29 is 8.95 Å². The summed E-state index contributed by atoms with van der Waals surface area (Å²) in [6.45, 7) is 5.86. The standard InChI is InChI=1S/C20H19Cl2N3O2S/c1-20(2,3)28(26)24-11-14-8-13-9-16(21)18(10-17(13)25-19(14)22)27-12-15-6-4-5-7-23-15/h4-11H,12H2,1-3H3. The van der Waals surface area contributed by atoms with Gasteiger partial charge in [-0.25, -0.2) is 9.19 Å². The Hall–Kier alpha value is -2.02. The molecular weight excluding hydrogens is 417 g/mol. The van der Waals surface area contributed by atoms with E-state index in [1.165, 1.54) is 6.21 Å². The van der Waals surface area contributed by atoms with E-state index >= 15 is 0 Å². The summed E-state index contributed by atoms with van der Waals surface area (Å²) in [5.74, 6) is 0.499. The molecule has 1 atom stereocenters. The zero-order chi connectivity index (χ0) is 20.3. The van der Waals surface area contributed by atoms with Crippen molar-refractivity contribution in [3.05, 3.63) is 64.0 Å². The minimum atomic E-state index is -1.38. The first-order chi connectivity index (χ1) is 13.2. The summed E-state index contributed by atoms with van der Waals surface area (Å²) in [7, 11) is -1.38. The summed E-state index contributed by atoms with van der Waals surface area (Å²) >= 11 is 12.6. The molecule has 0 aliphatic heterocycles. The average Bonchev–Trinajstić information content (AvgIpc) is 2.65. The topological polar surface area (TPSA) is 64.4 Å². The maximum absolute atomic E-state index is 12.1.